The Labute approximate surface area is 67.2 Å². The summed E-state index contributed by atoms with van der Waals surface area (Å²) in [6.07, 6.45) is 4.63. The maximum absolute atomic E-state index is 9.17. The third-order valence-electron chi connectivity index (χ3n) is 3.67. The topological polar surface area (TPSA) is 40.5 Å². The number of aliphatic hydroxyl groups is 2. The van der Waals surface area contributed by atoms with Crippen molar-refractivity contribution in [1.29, 1.82) is 0 Å². The average Bonchev–Trinajstić information content (AvgIpc) is 2.61. The molecule has 2 bridgehead atoms. The molecule has 64 valence electrons. The smallest absolute Gasteiger partial charge is 0.0487 e. The Balaban J connectivity index is 2.08. The molecule has 0 aromatic heterocycles. The number of aliphatic hydroxyl groups excluding tert-OH is 2. The van der Waals surface area contributed by atoms with Gasteiger partial charge in [0.05, 0.1) is 0 Å². The summed E-state index contributed by atoms with van der Waals surface area (Å²) in [6, 6.07) is 0. The van der Waals surface area contributed by atoms with Crippen LogP contribution in [0.15, 0.2) is 0 Å². The summed E-state index contributed by atoms with van der Waals surface area (Å²) >= 11 is 0. The second kappa shape index (κ2) is 2.46. The standard InChI is InChI=1S/C9H16O2/c10-5-8-4-9(6-11)2-1-7(8)3-9/h7-8,10-11H,1-6H2. The van der Waals surface area contributed by atoms with Crippen LogP contribution < -0.4 is 0 Å². The minimum atomic E-state index is 0.220. The van der Waals surface area contributed by atoms with Crippen molar-refractivity contribution in [3.05, 3.63) is 0 Å². The number of hydrogen-bond donors (Lipinski definition) is 2. The molecule has 2 aliphatic carbocycles. The van der Waals surface area contributed by atoms with Crippen molar-refractivity contribution in [2.75, 3.05) is 13.2 Å². The van der Waals surface area contributed by atoms with Gasteiger partial charge in [-0.3, -0.25) is 0 Å². The molecule has 11 heavy (non-hydrogen) atoms. The SMILES string of the molecule is OCC1CC2(CO)CCC1C2. The van der Waals surface area contributed by atoms with Gasteiger partial charge in [-0.2, -0.15) is 0 Å². The summed E-state index contributed by atoms with van der Waals surface area (Å²) < 4.78 is 0. The van der Waals surface area contributed by atoms with Crippen LogP contribution in [0.4, 0.5) is 0 Å². The Morgan fingerprint density at radius 1 is 1.27 bits per heavy atom. The van der Waals surface area contributed by atoms with E-state index in [1.54, 1.807) is 0 Å². The molecule has 2 rings (SSSR count). The van der Waals surface area contributed by atoms with Gasteiger partial charge in [0.1, 0.15) is 0 Å². The lowest BCUT2D eigenvalue weighted by atomic mass is 9.81. The molecule has 2 heteroatoms. The van der Waals surface area contributed by atoms with E-state index < -0.39 is 0 Å². The summed E-state index contributed by atoms with van der Waals surface area (Å²) in [7, 11) is 0. The number of fused-ring (bicyclic) bond motifs is 2. The molecule has 2 saturated carbocycles. The van der Waals surface area contributed by atoms with Crippen molar-refractivity contribution in [2.24, 2.45) is 17.3 Å². The van der Waals surface area contributed by atoms with Crippen LogP contribution in [0, 0.1) is 17.3 Å². The highest BCUT2D eigenvalue weighted by molar-refractivity contribution is 4.99. The normalized spacial score (nSPS) is 48.5. The molecule has 0 amide bonds. The Morgan fingerprint density at radius 3 is 2.55 bits per heavy atom. The lowest BCUT2D eigenvalue weighted by Gasteiger charge is -2.26. The molecule has 0 aromatic rings. The third-order valence-corrected chi connectivity index (χ3v) is 3.67. The molecule has 2 fully saturated rings. The predicted molar refractivity (Wildman–Crippen MR) is 42.1 cm³/mol. The zero-order valence-corrected chi connectivity index (χ0v) is 6.79. The van der Waals surface area contributed by atoms with E-state index in [2.05, 4.69) is 0 Å². The molecule has 0 heterocycles. The predicted octanol–water partition coefficient (Wildman–Crippen LogP) is 0.777. The zero-order valence-electron chi connectivity index (χ0n) is 6.79. The first kappa shape index (κ1) is 7.56. The molecule has 0 spiro atoms. The minimum absolute atomic E-state index is 0.220. The van der Waals surface area contributed by atoms with Crippen LogP contribution in [0.25, 0.3) is 0 Å². The van der Waals surface area contributed by atoms with Crippen molar-refractivity contribution in [2.45, 2.75) is 25.7 Å². The van der Waals surface area contributed by atoms with Gasteiger partial charge < -0.3 is 10.2 Å². The van der Waals surface area contributed by atoms with Gasteiger partial charge in [0.15, 0.2) is 0 Å². The fourth-order valence-corrected chi connectivity index (χ4v) is 2.98. The summed E-state index contributed by atoms with van der Waals surface area (Å²) in [5.74, 6) is 1.21. The molecule has 2 N–H and O–H groups in total. The Hall–Kier alpha value is -0.0800. The minimum Gasteiger partial charge on any atom is -0.396 e. The third kappa shape index (κ3) is 1.00. The Bertz CT molecular complexity index is 158. The molecule has 3 atom stereocenters. The second-order valence-corrected chi connectivity index (χ2v) is 4.31. The quantitative estimate of drug-likeness (QED) is 0.620. The van der Waals surface area contributed by atoms with E-state index in [-0.39, 0.29) is 5.41 Å². The van der Waals surface area contributed by atoms with Crippen molar-refractivity contribution in [3.63, 3.8) is 0 Å². The molecular formula is C9H16O2. The summed E-state index contributed by atoms with van der Waals surface area (Å²) in [4.78, 5) is 0. The maximum Gasteiger partial charge on any atom is 0.0487 e. The zero-order chi connectivity index (χ0) is 7.90. The van der Waals surface area contributed by atoms with Crippen molar-refractivity contribution in [1.82, 2.24) is 0 Å². The Morgan fingerprint density at radius 2 is 2.09 bits per heavy atom. The van der Waals surface area contributed by atoms with E-state index in [9.17, 15) is 5.11 Å². The van der Waals surface area contributed by atoms with Gasteiger partial charge in [-0.1, -0.05) is 0 Å². The van der Waals surface area contributed by atoms with Crippen LogP contribution in [0.5, 0.6) is 0 Å². The highest BCUT2D eigenvalue weighted by atomic mass is 16.3. The average molecular weight is 156 g/mol. The first-order chi connectivity index (χ1) is 5.29. The van der Waals surface area contributed by atoms with Gasteiger partial charge in [0, 0.05) is 13.2 Å². The van der Waals surface area contributed by atoms with Crippen LogP contribution in [0.2, 0.25) is 0 Å². The van der Waals surface area contributed by atoms with Crippen LogP contribution in [-0.4, -0.2) is 23.4 Å². The summed E-state index contributed by atoms with van der Waals surface area (Å²) in [5, 5.41) is 18.2. The van der Waals surface area contributed by atoms with E-state index >= 15 is 0 Å². The van der Waals surface area contributed by atoms with Crippen LogP contribution >= 0.6 is 0 Å². The van der Waals surface area contributed by atoms with E-state index in [0.29, 0.717) is 25.0 Å². The molecule has 2 nitrogen and oxygen atoms in total. The van der Waals surface area contributed by atoms with E-state index in [0.717, 1.165) is 12.8 Å². The van der Waals surface area contributed by atoms with E-state index in [4.69, 9.17) is 5.11 Å². The fourth-order valence-electron chi connectivity index (χ4n) is 2.98. The summed E-state index contributed by atoms with van der Waals surface area (Å²) in [5.41, 5.74) is 0.220. The van der Waals surface area contributed by atoms with Gasteiger partial charge in [0.2, 0.25) is 0 Å². The van der Waals surface area contributed by atoms with Crippen LogP contribution in [-0.2, 0) is 0 Å². The molecule has 0 aliphatic heterocycles. The first-order valence-corrected chi connectivity index (χ1v) is 4.51. The largest absolute Gasteiger partial charge is 0.396 e. The van der Waals surface area contributed by atoms with Gasteiger partial charge in [0.25, 0.3) is 0 Å². The second-order valence-electron chi connectivity index (χ2n) is 4.31. The lowest BCUT2D eigenvalue weighted by molar-refractivity contribution is 0.103. The van der Waals surface area contributed by atoms with Gasteiger partial charge in [-0.25, -0.2) is 0 Å². The molecule has 0 saturated heterocycles. The number of rotatable bonds is 2. The number of hydrogen-bond acceptors (Lipinski definition) is 2. The van der Waals surface area contributed by atoms with Gasteiger partial charge >= 0.3 is 0 Å². The van der Waals surface area contributed by atoms with E-state index in [1.807, 2.05) is 0 Å². The van der Waals surface area contributed by atoms with E-state index in [1.165, 1.54) is 12.8 Å². The molecule has 3 unspecified atom stereocenters. The first-order valence-electron chi connectivity index (χ1n) is 4.51. The van der Waals surface area contributed by atoms with Crippen molar-refractivity contribution < 1.29 is 10.2 Å². The molecule has 0 aromatic carbocycles. The highest BCUT2D eigenvalue weighted by Crippen LogP contribution is 2.56. The van der Waals surface area contributed by atoms with Gasteiger partial charge in [-0.05, 0) is 42.9 Å². The fraction of sp³-hybridized carbons (Fsp3) is 1.00. The summed E-state index contributed by atoms with van der Waals surface area (Å²) in [6.45, 7) is 0.659. The van der Waals surface area contributed by atoms with Gasteiger partial charge in [-0.15, -0.1) is 0 Å². The maximum atomic E-state index is 9.17. The lowest BCUT2D eigenvalue weighted by Crippen LogP contribution is -2.23. The monoisotopic (exact) mass is 156 g/mol. The molecular weight excluding hydrogens is 140 g/mol. The highest BCUT2D eigenvalue weighted by Gasteiger charge is 2.49. The molecule has 0 radical (unpaired) electrons. The van der Waals surface area contributed by atoms with Crippen molar-refractivity contribution in [3.8, 4) is 0 Å². The van der Waals surface area contributed by atoms with Crippen LogP contribution in [0.1, 0.15) is 25.7 Å². The Kier molecular flexibility index (Phi) is 1.69. The van der Waals surface area contributed by atoms with Crippen LogP contribution in [0.3, 0.4) is 0 Å². The molecule has 2 aliphatic rings. The van der Waals surface area contributed by atoms with Crippen molar-refractivity contribution >= 4 is 0 Å².